The molecule has 0 bridgehead atoms. The SMILES string of the molecule is CCCCCC(C)=CCO. The summed E-state index contributed by atoms with van der Waals surface area (Å²) < 4.78 is 0. The highest BCUT2D eigenvalue weighted by Crippen LogP contribution is 2.06. The van der Waals surface area contributed by atoms with Gasteiger partial charge in [0.2, 0.25) is 0 Å². The van der Waals surface area contributed by atoms with Gasteiger partial charge in [-0.3, -0.25) is 0 Å². The summed E-state index contributed by atoms with van der Waals surface area (Å²) in [6.07, 6.45) is 6.87. The first kappa shape index (κ1) is 9.70. The number of aliphatic hydroxyl groups is 1. The van der Waals surface area contributed by atoms with Crippen molar-refractivity contribution in [3.63, 3.8) is 0 Å². The topological polar surface area (TPSA) is 20.2 Å². The summed E-state index contributed by atoms with van der Waals surface area (Å²) in [6, 6.07) is 0. The average Bonchev–Trinajstić information content (AvgIpc) is 1.89. The predicted octanol–water partition coefficient (Wildman–Crippen LogP) is 2.51. The highest BCUT2D eigenvalue weighted by molar-refractivity contribution is 4.97. The Morgan fingerprint density at radius 1 is 1.40 bits per heavy atom. The molecule has 0 unspecified atom stereocenters. The number of aliphatic hydroxyl groups excluding tert-OH is 1. The van der Waals surface area contributed by atoms with Crippen LogP contribution in [0, 0.1) is 0 Å². The average molecular weight is 142 g/mol. The van der Waals surface area contributed by atoms with Crippen molar-refractivity contribution in [1.29, 1.82) is 0 Å². The molecule has 0 atom stereocenters. The largest absolute Gasteiger partial charge is 0.392 e. The van der Waals surface area contributed by atoms with Gasteiger partial charge in [-0.2, -0.15) is 0 Å². The fourth-order valence-corrected chi connectivity index (χ4v) is 0.912. The maximum atomic E-state index is 8.52. The molecule has 0 aliphatic heterocycles. The van der Waals surface area contributed by atoms with Gasteiger partial charge in [-0.25, -0.2) is 0 Å². The highest BCUT2D eigenvalue weighted by atomic mass is 16.2. The smallest absolute Gasteiger partial charge is 0.0614 e. The number of unbranched alkanes of at least 4 members (excludes halogenated alkanes) is 2. The Hall–Kier alpha value is -0.300. The van der Waals surface area contributed by atoms with E-state index in [2.05, 4.69) is 13.8 Å². The lowest BCUT2D eigenvalue weighted by molar-refractivity contribution is 0.341. The van der Waals surface area contributed by atoms with Gasteiger partial charge in [-0.15, -0.1) is 0 Å². The van der Waals surface area contributed by atoms with E-state index < -0.39 is 0 Å². The quantitative estimate of drug-likeness (QED) is 0.462. The lowest BCUT2D eigenvalue weighted by Gasteiger charge is -1.97. The van der Waals surface area contributed by atoms with Crippen molar-refractivity contribution in [2.75, 3.05) is 6.61 Å². The molecule has 0 radical (unpaired) electrons. The third-order valence-corrected chi connectivity index (χ3v) is 1.61. The van der Waals surface area contributed by atoms with Crippen LogP contribution in [0.4, 0.5) is 0 Å². The number of hydrogen-bond donors (Lipinski definition) is 1. The third-order valence-electron chi connectivity index (χ3n) is 1.61. The predicted molar refractivity (Wildman–Crippen MR) is 45.0 cm³/mol. The van der Waals surface area contributed by atoms with Crippen LogP contribution in [0.5, 0.6) is 0 Å². The zero-order valence-electron chi connectivity index (χ0n) is 7.06. The monoisotopic (exact) mass is 142 g/mol. The minimum Gasteiger partial charge on any atom is -0.392 e. The standard InChI is InChI=1S/C9H18O/c1-3-4-5-6-9(2)7-8-10/h7,10H,3-6,8H2,1-2H3. The number of allylic oxidation sites excluding steroid dienone is 1. The van der Waals surface area contributed by atoms with E-state index in [4.69, 9.17) is 5.11 Å². The molecule has 0 aromatic rings. The Bertz CT molecular complexity index is 94.9. The summed E-state index contributed by atoms with van der Waals surface area (Å²) in [5.74, 6) is 0. The van der Waals surface area contributed by atoms with Crippen LogP contribution in [-0.4, -0.2) is 11.7 Å². The van der Waals surface area contributed by atoms with Gasteiger partial charge in [0.15, 0.2) is 0 Å². The molecule has 0 saturated heterocycles. The zero-order chi connectivity index (χ0) is 7.82. The molecule has 0 spiro atoms. The third kappa shape index (κ3) is 5.83. The van der Waals surface area contributed by atoms with E-state index in [9.17, 15) is 0 Å². The molecule has 1 heteroatoms. The van der Waals surface area contributed by atoms with Crippen LogP contribution in [-0.2, 0) is 0 Å². The van der Waals surface area contributed by atoms with Crippen LogP contribution in [0.2, 0.25) is 0 Å². The highest BCUT2D eigenvalue weighted by Gasteiger charge is 1.88. The summed E-state index contributed by atoms with van der Waals surface area (Å²) in [5, 5.41) is 8.52. The molecule has 0 saturated carbocycles. The fraction of sp³-hybridized carbons (Fsp3) is 0.778. The first-order chi connectivity index (χ1) is 4.81. The van der Waals surface area contributed by atoms with E-state index in [-0.39, 0.29) is 6.61 Å². The van der Waals surface area contributed by atoms with Crippen LogP contribution >= 0.6 is 0 Å². The maximum Gasteiger partial charge on any atom is 0.0614 e. The van der Waals surface area contributed by atoms with Crippen LogP contribution in [0.15, 0.2) is 11.6 Å². The van der Waals surface area contributed by atoms with Gasteiger partial charge in [0.05, 0.1) is 6.61 Å². The van der Waals surface area contributed by atoms with Crippen molar-refractivity contribution < 1.29 is 5.11 Å². The summed E-state index contributed by atoms with van der Waals surface area (Å²) in [5.41, 5.74) is 1.32. The molecule has 0 aromatic carbocycles. The molecule has 0 aliphatic rings. The Balaban J connectivity index is 3.21. The first-order valence-electron chi connectivity index (χ1n) is 4.07. The molecular weight excluding hydrogens is 124 g/mol. The molecule has 10 heavy (non-hydrogen) atoms. The van der Waals surface area contributed by atoms with E-state index >= 15 is 0 Å². The van der Waals surface area contributed by atoms with Crippen molar-refractivity contribution >= 4 is 0 Å². The Labute approximate surface area is 63.8 Å². The second-order valence-corrected chi connectivity index (χ2v) is 2.69. The van der Waals surface area contributed by atoms with Crippen LogP contribution < -0.4 is 0 Å². The van der Waals surface area contributed by atoms with Gasteiger partial charge in [-0.05, 0) is 19.8 Å². The minimum absolute atomic E-state index is 0.192. The van der Waals surface area contributed by atoms with Crippen molar-refractivity contribution in [3.05, 3.63) is 11.6 Å². The normalized spacial score (nSPS) is 12.1. The summed E-state index contributed by atoms with van der Waals surface area (Å²) in [7, 11) is 0. The fourth-order valence-electron chi connectivity index (χ4n) is 0.912. The molecule has 0 aliphatic carbocycles. The summed E-state index contributed by atoms with van der Waals surface area (Å²) >= 11 is 0. The number of hydrogen-bond acceptors (Lipinski definition) is 1. The van der Waals surface area contributed by atoms with Gasteiger partial charge in [0.25, 0.3) is 0 Å². The van der Waals surface area contributed by atoms with E-state index in [1.807, 2.05) is 6.08 Å². The van der Waals surface area contributed by atoms with E-state index in [1.165, 1.54) is 24.8 Å². The van der Waals surface area contributed by atoms with E-state index in [0.717, 1.165) is 6.42 Å². The summed E-state index contributed by atoms with van der Waals surface area (Å²) in [4.78, 5) is 0. The molecular formula is C9H18O. The van der Waals surface area contributed by atoms with Crippen molar-refractivity contribution in [1.82, 2.24) is 0 Å². The van der Waals surface area contributed by atoms with Gasteiger partial charge in [0.1, 0.15) is 0 Å². The Kier molecular flexibility index (Phi) is 6.61. The molecule has 0 heterocycles. The molecule has 0 fully saturated rings. The van der Waals surface area contributed by atoms with Gasteiger partial charge >= 0.3 is 0 Å². The van der Waals surface area contributed by atoms with Crippen molar-refractivity contribution in [3.8, 4) is 0 Å². The Morgan fingerprint density at radius 2 is 2.10 bits per heavy atom. The molecule has 0 rings (SSSR count). The Morgan fingerprint density at radius 3 is 2.60 bits per heavy atom. The van der Waals surface area contributed by atoms with Gasteiger partial charge in [-0.1, -0.05) is 31.4 Å². The second-order valence-electron chi connectivity index (χ2n) is 2.69. The lowest BCUT2D eigenvalue weighted by Crippen LogP contribution is -1.81. The van der Waals surface area contributed by atoms with Crippen LogP contribution in [0.1, 0.15) is 39.5 Å². The lowest BCUT2D eigenvalue weighted by atomic mass is 10.1. The van der Waals surface area contributed by atoms with E-state index in [1.54, 1.807) is 0 Å². The molecule has 0 aromatic heterocycles. The van der Waals surface area contributed by atoms with Crippen molar-refractivity contribution in [2.24, 2.45) is 0 Å². The second kappa shape index (κ2) is 6.81. The molecule has 1 N–H and O–H groups in total. The van der Waals surface area contributed by atoms with Crippen molar-refractivity contribution in [2.45, 2.75) is 39.5 Å². The molecule has 1 nitrogen and oxygen atoms in total. The molecule has 0 amide bonds. The zero-order valence-corrected chi connectivity index (χ0v) is 7.06. The van der Waals surface area contributed by atoms with Gasteiger partial charge < -0.3 is 5.11 Å². The first-order valence-corrected chi connectivity index (χ1v) is 4.07. The van der Waals surface area contributed by atoms with Crippen LogP contribution in [0.25, 0.3) is 0 Å². The van der Waals surface area contributed by atoms with E-state index in [0.29, 0.717) is 0 Å². The number of rotatable bonds is 5. The molecule has 60 valence electrons. The summed E-state index contributed by atoms with van der Waals surface area (Å²) in [6.45, 7) is 4.47. The maximum absolute atomic E-state index is 8.52. The van der Waals surface area contributed by atoms with Gasteiger partial charge in [0, 0.05) is 0 Å². The minimum atomic E-state index is 0.192. The van der Waals surface area contributed by atoms with Crippen LogP contribution in [0.3, 0.4) is 0 Å².